The van der Waals surface area contributed by atoms with Crippen LogP contribution in [-0.4, -0.2) is 22.7 Å². The lowest BCUT2D eigenvalue weighted by Crippen LogP contribution is -2.45. The molecule has 0 bridgehead atoms. The molecule has 2 aliphatic heterocycles. The Labute approximate surface area is 165 Å². The highest BCUT2D eigenvalue weighted by atomic mass is 35.5. The van der Waals surface area contributed by atoms with E-state index in [-0.39, 0.29) is 11.8 Å². The van der Waals surface area contributed by atoms with Crippen molar-refractivity contribution in [3.05, 3.63) is 87.1 Å². The van der Waals surface area contributed by atoms with Crippen LogP contribution in [0, 0.1) is 0 Å². The van der Waals surface area contributed by atoms with Crippen LogP contribution < -0.4 is 4.74 Å². The lowest BCUT2D eigenvalue weighted by atomic mass is 9.97. The van der Waals surface area contributed by atoms with Crippen molar-refractivity contribution < 1.29 is 9.53 Å². The van der Waals surface area contributed by atoms with Crippen LogP contribution in [0.3, 0.4) is 0 Å². The van der Waals surface area contributed by atoms with Crippen molar-refractivity contribution in [1.29, 1.82) is 0 Å². The number of fused-ring (bicyclic) bond motifs is 3. The maximum Gasteiger partial charge on any atom is 0.251 e. The molecule has 0 fully saturated rings. The van der Waals surface area contributed by atoms with Crippen molar-refractivity contribution in [2.24, 2.45) is 5.10 Å². The van der Waals surface area contributed by atoms with Gasteiger partial charge < -0.3 is 4.74 Å². The van der Waals surface area contributed by atoms with E-state index in [1.807, 2.05) is 40.7 Å². The number of para-hydroxylation sites is 1. The number of ketones is 1. The summed E-state index contributed by atoms with van der Waals surface area (Å²) in [5.74, 6) is 0.621. The summed E-state index contributed by atoms with van der Waals surface area (Å²) in [4.78, 5) is 14.3. The SMILES string of the molecule is O=C(c1ccc(Cl)cc1)[C@@H]1Oc2ccccc2[C@H]2CC(c3cccs3)=NN21. The molecule has 2 atom stereocenters. The van der Waals surface area contributed by atoms with Gasteiger partial charge in [-0.25, -0.2) is 5.01 Å². The van der Waals surface area contributed by atoms with E-state index in [0.717, 1.165) is 28.3 Å². The van der Waals surface area contributed by atoms with Crippen molar-refractivity contribution in [3.63, 3.8) is 0 Å². The highest BCUT2D eigenvalue weighted by molar-refractivity contribution is 7.12. The van der Waals surface area contributed by atoms with Gasteiger partial charge in [0.05, 0.1) is 16.6 Å². The quantitative estimate of drug-likeness (QED) is 0.576. The Bertz CT molecular complexity index is 1030. The normalized spacial score (nSPS) is 20.5. The van der Waals surface area contributed by atoms with E-state index in [2.05, 4.69) is 6.07 Å². The van der Waals surface area contributed by atoms with E-state index >= 15 is 0 Å². The van der Waals surface area contributed by atoms with Gasteiger partial charge in [-0.3, -0.25) is 4.79 Å². The summed E-state index contributed by atoms with van der Waals surface area (Å²) in [5.41, 5.74) is 2.61. The Morgan fingerprint density at radius 2 is 1.93 bits per heavy atom. The molecular formula is C21H15ClN2O2S. The first kappa shape index (κ1) is 16.5. The van der Waals surface area contributed by atoms with Gasteiger partial charge in [-0.15, -0.1) is 11.3 Å². The molecule has 4 nitrogen and oxygen atoms in total. The fourth-order valence-electron chi connectivity index (χ4n) is 3.56. The monoisotopic (exact) mass is 394 g/mol. The van der Waals surface area contributed by atoms with E-state index in [4.69, 9.17) is 21.4 Å². The summed E-state index contributed by atoms with van der Waals surface area (Å²) in [6.45, 7) is 0. The number of carbonyl (C=O) groups excluding carboxylic acids is 1. The van der Waals surface area contributed by atoms with E-state index in [9.17, 15) is 4.79 Å². The van der Waals surface area contributed by atoms with E-state index in [0.29, 0.717) is 10.6 Å². The molecule has 0 radical (unpaired) electrons. The molecule has 6 heteroatoms. The summed E-state index contributed by atoms with van der Waals surface area (Å²) < 4.78 is 6.10. The molecule has 0 saturated carbocycles. The van der Waals surface area contributed by atoms with Crippen molar-refractivity contribution in [1.82, 2.24) is 5.01 Å². The van der Waals surface area contributed by atoms with Crippen molar-refractivity contribution in [2.75, 3.05) is 0 Å². The van der Waals surface area contributed by atoms with Crippen LogP contribution in [0.1, 0.15) is 33.3 Å². The number of ether oxygens (including phenoxy) is 1. The number of Topliss-reactive ketones (excluding diaryl/α,β-unsaturated/α-hetero) is 1. The molecule has 134 valence electrons. The molecule has 0 unspecified atom stereocenters. The van der Waals surface area contributed by atoms with Crippen LogP contribution in [-0.2, 0) is 0 Å². The number of thiophene rings is 1. The van der Waals surface area contributed by atoms with Gasteiger partial charge in [-0.1, -0.05) is 35.9 Å². The minimum Gasteiger partial charge on any atom is -0.461 e. The second-order valence-electron chi connectivity index (χ2n) is 6.50. The second kappa shape index (κ2) is 6.51. The van der Waals surface area contributed by atoms with Gasteiger partial charge in [0.15, 0.2) is 0 Å². The van der Waals surface area contributed by atoms with Crippen molar-refractivity contribution >= 4 is 34.4 Å². The van der Waals surface area contributed by atoms with Crippen LogP contribution in [0.4, 0.5) is 0 Å². The lowest BCUT2D eigenvalue weighted by molar-refractivity contribution is -0.00455. The fourth-order valence-corrected chi connectivity index (χ4v) is 4.40. The molecule has 2 aliphatic rings. The zero-order valence-electron chi connectivity index (χ0n) is 14.2. The predicted octanol–water partition coefficient (Wildman–Crippen LogP) is 5.15. The molecule has 5 rings (SSSR count). The van der Waals surface area contributed by atoms with Gasteiger partial charge in [0.2, 0.25) is 5.78 Å². The first-order chi connectivity index (χ1) is 13.2. The molecule has 0 spiro atoms. The minimum atomic E-state index is -0.788. The standard InChI is InChI=1S/C21H15ClN2O2S/c22-14-9-7-13(8-10-14)20(25)21-24-17(15-4-1-2-5-18(15)26-21)12-16(23-24)19-6-3-11-27-19/h1-11,17,21H,12H2/t17-,21+/m1/s1. The first-order valence-electron chi connectivity index (χ1n) is 8.66. The first-order valence-corrected chi connectivity index (χ1v) is 9.91. The number of hydrogen-bond donors (Lipinski definition) is 0. The Morgan fingerprint density at radius 3 is 2.70 bits per heavy atom. The summed E-state index contributed by atoms with van der Waals surface area (Å²) >= 11 is 7.62. The van der Waals surface area contributed by atoms with Gasteiger partial charge >= 0.3 is 0 Å². The Morgan fingerprint density at radius 1 is 1.11 bits per heavy atom. The third-order valence-electron chi connectivity index (χ3n) is 4.86. The van der Waals surface area contributed by atoms with Gasteiger partial charge in [0.1, 0.15) is 5.75 Å². The van der Waals surface area contributed by atoms with Crippen LogP contribution in [0.25, 0.3) is 0 Å². The summed E-state index contributed by atoms with van der Waals surface area (Å²) in [7, 11) is 0. The topological polar surface area (TPSA) is 41.9 Å². The zero-order chi connectivity index (χ0) is 18.4. The molecule has 0 N–H and O–H groups in total. The van der Waals surface area contributed by atoms with E-state index in [1.54, 1.807) is 35.6 Å². The highest BCUT2D eigenvalue weighted by Crippen LogP contribution is 2.43. The summed E-state index contributed by atoms with van der Waals surface area (Å²) in [6, 6.07) is 18.8. The molecule has 2 aromatic carbocycles. The van der Waals surface area contributed by atoms with Crippen LogP contribution in [0.5, 0.6) is 5.75 Å². The molecule has 1 aromatic heterocycles. The van der Waals surface area contributed by atoms with Gasteiger partial charge in [-0.05, 0) is 41.8 Å². The third-order valence-corrected chi connectivity index (χ3v) is 6.03. The number of carbonyl (C=O) groups is 1. The average molecular weight is 395 g/mol. The maximum absolute atomic E-state index is 13.2. The molecule has 0 saturated heterocycles. The van der Waals surface area contributed by atoms with Crippen LogP contribution >= 0.6 is 22.9 Å². The largest absolute Gasteiger partial charge is 0.461 e. The van der Waals surface area contributed by atoms with E-state index < -0.39 is 6.23 Å². The fraction of sp³-hybridized carbons (Fsp3) is 0.143. The Balaban J connectivity index is 1.56. The van der Waals surface area contributed by atoms with E-state index in [1.165, 1.54) is 0 Å². The maximum atomic E-state index is 13.2. The molecule has 3 heterocycles. The third kappa shape index (κ3) is 2.83. The molecular weight excluding hydrogens is 380 g/mol. The Kier molecular flexibility index (Phi) is 3.99. The summed E-state index contributed by atoms with van der Waals surface area (Å²) in [5, 5.41) is 9.23. The smallest absolute Gasteiger partial charge is 0.251 e. The number of halogens is 1. The summed E-state index contributed by atoms with van der Waals surface area (Å²) in [6.07, 6.45) is -0.0331. The predicted molar refractivity (Wildman–Crippen MR) is 107 cm³/mol. The minimum absolute atomic E-state index is 0.00620. The number of nitrogens with zero attached hydrogens (tertiary/aromatic N) is 2. The number of benzene rings is 2. The van der Waals surface area contributed by atoms with Crippen molar-refractivity contribution in [2.45, 2.75) is 18.7 Å². The zero-order valence-corrected chi connectivity index (χ0v) is 15.8. The molecule has 3 aromatic rings. The lowest BCUT2D eigenvalue weighted by Gasteiger charge is -2.37. The number of hydrazone groups is 1. The van der Waals surface area contributed by atoms with Crippen LogP contribution in [0.15, 0.2) is 71.1 Å². The number of rotatable bonds is 3. The van der Waals surface area contributed by atoms with Crippen molar-refractivity contribution in [3.8, 4) is 5.75 Å². The van der Waals surface area contributed by atoms with Gasteiger partial charge in [-0.2, -0.15) is 5.10 Å². The van der Waals surface area contributed by atoms with Gasteiger partial charge in [0.25, 0.3) is 6.23 Å². The number of hydrogen-bond acceptors (Lipinski definition) is 5. The highest BCUT2D eigenvalue weighted by Gasteiger charge is 2.43. The van der Waals surface area contributed by atoms with Crippen LogP contribution in [0.2, 0.25) is 5.02 Å². The Hall–Kier alpha value is -2.63. The molecule has 27 heavy (non-hydrogen) atoms. The molecule has 0 aliphatic carbocycles. The molecule has 0 amide bonds. The van der Waals surface area contributed by atoms with Gasteiger partial charge in [0, 0.05) is 22.6 Å². The second-order valence-corrected chi connectivity index (χ2v) is 7.89. The average Bonchev–Trinajstić information content (AvgIpc) is 3.37.